The first-order valence-corrected chi connectivity index (χ1v) is 9.82. The Hall–Kier alpha value is -3.21. The molecule has 29 heavy (non-hydrogen) atoms. The minimum Gasteiger partial charge on any atom is -0.487 e. The summed E-state index contributed by atoms with van der Waals surface area (Å²) in [6, 6.07) is 19.7. The third-order valence-electron chi connectivity index (χ3n) is 5.51. The quantitative estimate of drug-likeness (QED) is 0.644. The number of ether oxygens (including phenoxy) is 1. The van der Waals surface area contributed by atoms with Gasteiger partial charge >= 0.3 is 0 Å². The number of halogens is 1. The molecule has 0 spiro atoms. The number of benzene rings is 2. The van der Waals surface area contributed by atoms with Crippen LogP contribution in [-0.4, -0.2) is 10.9 Å². The number of nitrogens with zero attached hydrogens (tertiary/aromatic N) is 1. The summed E-state index contributed by atoms with van der Waals surface area (Å²) in [4.78, 5) is 17.1. The fourth-order valence-electron chi connectivity index (χ4n) is 3.66. The highest BCUT2D eigenvalue weighted by Crippen LogP contribution is 2.44. The Morgan fingerprint density at radius 2 is 1.90 bits per heavy atom. The van der Waals surface area contributed by atoms with Crippen molar-refractivity contribution in [3.63, 3.8) is 0 Å². The molecular formula is C24H23FN2O2. The van der Waals surface area contributed by atoms with Gasteiger partial charge < -0.3 is 10.1 Å². The van der Waals surface area contributed by atoms with E-state index in [0.29, 0.717) is 13.2 Å². The van der Waals surface area contributed by atoms with Gasteiger partial charge in [-0.3, -0.25) is 9.78 Å². The fourth-order valence-corrected chi connectivity index (χ4v) is 3.66. The smallest absolute Gasteiger partial charge is 0.230 e. The van der Waals surface area contributed by atoms with Crippen molar-refractivity contribution in [2.45, 2.75) is 37.8 Å². The second-order valence-electron chi connectivity index (χ2n) is 7.38. The summed E-state index contributed by atoms with van der Waals surface area (Å²) in [5.74, 6) is 0.411. The van der Waals surface area contributed by atoms with E-state index in [9.17, 15) is 9.18 Å². The van der Waals surface area contributed by atoms with Crippen LogP contribution in [0.1, 0.15) is 36.1 Å². The number of nitrogens with one attached hydrogen (secondary N) is 1. The van der Waals surface area contributed by atoms with Crippen LogP contribution in [0, 0.1) is 5.82 Å². The van der Waals surface area contributed by atoms with Gasteiger partial charge in [-0.1, -0.05) is 36.8 Å². The highest BCUT2D eigenvalue weighted by molar-refractivity contribution is 5.89. The highest BCUT2D eigenvalue weighted by Gasteiger charge is 2.45. The van der Waals surface area contributed by atoms with Crippen LogP contribution >= 0.6 is 0 Å². The summed E-state index contributed by atoms with van der Waals surface area (Å²) in [6.07, 6.45) is 4.22. The summed E-state index contributed by atoms with van der Waals surface area (Å²) >= 11 is 0. The molecule has 1 heterocycles. The average molecular weight is 390 g/mol. The summed E-state index contributed by atoms with van der Waals surface area (Å²) in [5, 5.41) is 3.02. The predicted molar refractivity (Wildman–Crippen MR) is 109 cm³/mol. The Morgan fingerprint density at radius 1 is 1.07 bits per heavy atom. The molecule has 4 nitrogen and oxygen atoms in total. The fraction of sp³-hybridized carbons (Fsp3) is 0.250. The number of carbonyl (C=O) groups excluding carboxylic acids is 1. The average Bonchev–Trinajstić information content (AvgIpc) is 2.71. The van der Waals surface area contributed by atoms with E-state index in [0.717, 1.165) is 41.8 Å². The van der Waals surface area contributed by atoms with E-state index in [1.807, 2.05) is 48.5 Å². The standard InChI is InChI=1S/C24H23FN2O2/c25-20-6-3-5-19(15-20)24(12-4-13-24)23(28)27-16-18-8-10-22(11-9-18)29-17-21-7-1-2-14-26-21/h1-3,5-11,14-15H,4,12-13,16-17H2,(H,27,28). The maximum absolute atomic E-state index is 13.6. The monoisotopic (exact) mass is 390 g/mol. The van der Waals surface area contributed by atoms with E-state index < -0.39 is 5.41 Å². The van der Waals surface area contributed by atoms with E-state index in [4.69, 9.17) is 4.74 Å². The maximum atomic E-state index is 13.6. The van der Waals surface area contributed by atoms with Crippen LogP contribution in [0.25, 0.3) is 0 Å². The van der Waals surface area contributed by atoms with E-state index in [1.165, 1.54) is 12.1 Å². The second-order valence-corrected chi connectivity index (χ2v) is 7.38. The largest absolute Gasteiger partial charge is 0.487 e. The Kier molecular flexibility index (Phi) is 5.56. The molecule has 1 saturated carbocycles. The van der Waals surface area contributed by atoms with E-state index in [2.05, 4.69) is 10.3 Å². The van der Waals surface area contributed by atoms with Crippen molar-refractivity contribution in [2.75, 3.05) is 0 Å². The molecule has 1 fully saturated rings. The van der Waals surface area contributed by atoms with Crippen molar-refractivity contribution >= 4 is 5.91 Å². The molecule has 0 aliphatic heterocycles. The van der Waals surface area contributed by atoms with Gasteiger partial charge in [0, 0.05) is 12.7 Å². The van der Waals surface area contributed by atoms with Crippen molar-refractivity contribution in [1.82, 2.24) is 10.3 Å². The molecule has 2 aromatic carbocycles. The van der Waals surface area contributed by atoms with Crippen LogP contribution in [0.15, 0.2) is 72.9 Å². The molecule has 1 N–H and O–H groups in total. The van der Waals surface area contributed by atoms with E-state index >= 15 is 0 Å². The molecule has 0 saturated heterocycles. The normalized spacial score (nSPS) is 14.7. The zero-order valence-electron chi connectivity index (χ0n) is 16.1. The Balaban J connectivity index is 1.34. The SMILES string of the molecule is O=C(NCc1ccc(OCc2ccccn2)cc1)C1(c2cccc(F)c2)CCC1. The molecule has 0 unspecified atom stereocenters. The molecular weight excluding hydrogens is 367 g/mol. The zero-order chi connectivity index (χ0) is 20.1. The van der Waals surface area contributed by atoms with Gasteiger partial charge in [-0.15, -0.1) is 0 Å². The molecule has 1 aliphatic rings. The molecule has 0 atom stereocenters. The van der Waals surface area contributed by atoms with Crippen LogP contribution in [0.5, 0.6) is 5.75 Å². The molecule has 5 heteroatoms. The van der Waals surface area contributed by atoms with Gasteiger partial charge in [-0.05, 0) is 60.4 Å². The molecule has 1 aromatic heterocycles. The van der Waals surface area contributed by atoms with Gasteiger partial charge in [-0.25, -0.2) is 4.39 Å². The number of carbonyl (C=O) groups is 1. The molecule has 148 valence electrons. The van der Waals surface area contributed by atoms with Crippen LogP contribution in [0.3, 0.4) is 0 Å². The highest BCUT2D eigenvalue weighted by atomic mass is 19.1. The summed E-state index contributed by atoms with van der Waals surface area (Å²) in [6.45, 7) is 0.837. The molecule has 1 aliphatic carbocycles. The Bertz CT molecular complexity index is 970. The molecule has 0 radical (unpaired) electrons. The summed E-state index contributed by atoms with van der Waals surface area (Å²) < 4.78 is 19.4. The number of rotatable bonds is 7. The predicted octanol–water partition coefficient (Wildman–Crippen LogP) is 4.54. The van der Waals surface area contributed by atoms with Gasteiger partial charge in [0.05, 0.1) is 11.1 Å². The topological polar surface area (TPSA) is 51.2 Å². The summed E-state index contributed by atoms with van der Waals surface area (Å²) in [7, 11) is 0. The van der Waals surface area contributed by atoms with Gasteiger partial charge in [0.2, 0.25) is 5.91 Å². The van der Waals surface area contributed by atoms with Crippen molar-refractivity contribution in [3.05, 3.63) is 95.6 Å². The van der Waals surface area contributed by atoms with Crippen LogP contribution in [0.2, 0.25) is 0 Å². The second kappa shape index (κ2) is 8.43. The number of hydrogen-bond acceptors (Lipinski definition) is 3. The van der Waals surface area contributed by atoms with Crippen LogP contribution < -0.4 is 10.1 Å². The van der Waals surface area contributed by atoms with Gasteiger partial charge in [0.1, 0.15) is 18.2 Å². The van der Waals surface area contributed by atoms with Crippen molar-refractivity contribution < 1.29 is 13.9 Å². The maximum Gasteiger partial charge on any atom is 0.230 e. The van der Waals surface area contributed by atoms with Crippen molar-refractivity contribution in [2.24, 2.45) is 0 Å². The van der Waals surface area contributed by atoms with E-state index in [1.54, 1.807) is 12.3 Å². The third kappa shape index (κ3) is 4.29. The lowest BCUT2D eigenvalue weighted by Gasteiger charge is -2.40. The van der Waals surface area contributed by atoms with Gasteiger partial charge in [-0.2, -0.15) is 0 Å². The molecule has 1 amide bonds. The molecule has 0 bridgehead atoms. The van der Waals surface area contributed by atoms with Crippen LogP contribution in [-0.2, 0) is 23.4 Å². The van der Waals surface area contributed by atoms with Crippen molar-refractivity contribution in [3.8, 4) is 5.75 Å². The number of pyridine rings is 1. The minimum atomic E-state index is -0.603. The molecule has 4 rings (SSSR count). The lowest BCUT2D eigenvalue weighted by Crippen LogP contribution is -2.49. The first-order chi connectivity index (χ1) is 14.2. The first-order valence-electron chi connectivity index (χ1n) is 9.82. The van der Waals surface area contributed by atoms with Crippen molar-refractivity contribution in [1.29, 1.82) is 0 Å². The summed E-state index contributed by atoms with van der Waals surface area (Å²) in [5.41, 5.74) is 2.01. The van der Waals surface area contributed by atoms with Gasteiger partial charge in [0.15, 0.2) is 0 Å². The zero-order valence-corrected chi connectivity index (χ0v) is 16.1. The Morgan fingerprint density at radius 3 is 2.55 bits per heavy atom. The molecule has 3 aromatic rings. The number of amides is 1. The lowest BCUT2D eigenvalue weighted by molar-refractivity contribution is -0.130. The van der Waals surface area contributed by atoms with Crippen LogP contribution in [0.4, 0.5) is 4.39 Å². The third-order valence-corrected chi connectivity index (χ3v) is 5.51. The Labute approximate surface area is 169 Å². The minimum absolute atomic E-state index is 0.0372. The number of aromatic nitrogens is 1. The first kappa shape index (κ1) is 19.1. The number of hydrogen-bond donors (Lipinski definition) is 1. The van der Waals surface area contributed by atoms with E-state index in [-0.39, 0.29) is 11.7 Å². The van der Waals surface area contributed by atoms with Gasteiger partial charge in [0.25, 0.3) is 0 Å². The lowest BCUT2D eigenvalue weighted by atomic mass is 9.64.